The molecule has 1 unspecified atom stereocenters. The second kappa shape index (κ2) is 45.3. The van der Waals surface area contributed by atoms with E-state index < -0.39 is 6.10 Å². The van der Waals surface area contributed by atoms with Crippen molar-refractivity contribution in [2.75, 3.05) is 13.2 Å². The van der Waals surface area contributed by atoms with Gasteiger partial charge in [0.05, 0.1) is 0 Å². The lowest BCUT2D eigenvalue weighted by atomic mass is 10.1. The maximum absolute atomic E-state index is 12.7. The Balaban J connectivity index is 4.40. The Morgan fingerprint density at radius 1 is 0.339 bits per heavy atom. The third-order valence-electron chi connectivity index (χ3n) is 10.3. The van der Waals surface area contributed by atoms with Gasteiger partial charge in [-0.05, 0) is 96.3 Å². The van der Waals surface area contributed by atoms with E-state index in [1.165, 1.54) is 122 Å². The van der Waals surface area contributed by atoms with Gasteiger partial charge in [-0.2, -0.15) is 0 Å². The van der Waals surface area contributed by atoms with E-state index in [2.05, 4.69) is 57.2 Å². The van der Waals surface area contributed by atoms with Gasteiger partial charge in [0.2, 0.25) is 0 Å². The Kier molecular flexibility index (Phi) is 43.4. The Labute approximate surface area is 346 Å². The predicted molar refractivity (Wildman–Crippen MR) is 238 cm³/mol. The van der Waals surface area contributed by atoms with Crippen molar-refractivity contribution >= 4 is 17.9 Å². The lowest BCUT2D eigenvalue weighted by molar-refractivity contribution is -0.167. The van der Waals surface area contributed by atoms with E-state index in [1.54, 1.807) is 0 Å². The molecule has 0 aliphatic rings. The molecule has 326 valence electrons. The van der Waals surface area contributed by atoms with E-state index in [4.69, 9.17) is 14.2 Å². The molecule has 0 aromatic carbocycles. The SMILES string of the molecule is CCCCC/C=C\CCCCCCCC(=O)OCC(COC(=O)CCCCCCC/C=C\CCCCCC)OC(=O)CCCCCCC/C=C\CCCCCC. The zero-order chi connectivity index (χ0) is 40.8. The number of allylic oxidation sites excluding steroid dienone is 6. The summed E-state index contributed by atoms with van der Waals surface area (Å²) in [4.78, 5) is 37.8. The number of rotatable bonds is 43. The molecule has 0 saturated carbocycles. The van der Waals surface area contributed by atoms with Crippen molar-refractivity contribution in [3.8, 4) is 0 Å². The first-order chi connectivity index (χ1) is 27.5. The average molecular weight is 787 g/mol. The summed E-state index contributed by atoms with van der Waals surface area (Å²) in [5.74, 6) is -0.904. The minimum absolute atomic E-state index is 0.0815. The Morgan fingerprint density at radius 2 is 0.589 bits per heavy atom. The second-order valence-corrected chi connectivity index (χ2v) is 16.0. The van der Waals surface area contributed by atoms with E-state index in [0.717, 1.165) is 83.5 Å². The molecule has 0 N–H and O–H groups in total. The number of carbonyl (C=O) groups is 3. The second-order valence-electron chi connectivity index (χ2n) is 16.0. The number of hydrogen-bond acceptors (Lipinski definition) is 6. The first kappa shape index (κ1) is 53.6. The van der Waals surface area contributed by atoms with Crippen molar-refractivity contribution in [1.82, 2.24) is 0 Å². The number of unbranched alkanes of at least 4 members (excludes halogenated alkanes) is 26. The van der Waals surface area contributed by atoms with Gasteiger partial charge in [0.15, 0.2) is 6.10 Å². The molecular formula is C50H90O6. The van der Waals surface area contributed by atoms with E-state index in [0.29, 0.717) is 19.3 Å². The maximum atomic E-state index is 12.7. The minimum atomic E-state index is -0.779. The third kappa shape index (κ3) is 42.8. The normalized spacial score (nSPS) is 12.3. The summed E-state index contributed by atoms with van der Waals surface area (Å²) in [6.07, 6.45) is 51.2. The smallest absolute Gasteiger partial charge is 0.306 e. The zero-order valence-corrected chi connectivity index (χ0v) is 37.2. The van der Waals surface area contributed by atoms with Crippen LogP contribution in [-0.2, 0) is 28.6 Å². The summed E-state index contributed by atoms with van der Waals surface area (Å²) in [6, 6.07) is 0. The topological polar surface area (TPSA) is 78.9 Å². The molecule has 0 fully saturated rings. The zero-order valence-electron chi connectivity index (χ0n) is 37.2. The van der Waals surface area contributed by atoms with Crippen molar-refractivity contribution in [2.24, 2.45) is 0 Å². The van der Waals surface area contributed by atoms with Gasteiger partial charge in [-0.1, -0.05) is 166 Å². The summed E-state index contributed by atoms with van der Waals surface area (Å²) in [5, 5.41) is 0. The molecule has 56 heavy (non-hydrogen) atoms. The molecule has 0 aliphatic heterocycles. The molecule has 1 atom stereocenters. The van der Waals surface area contributed by atoms with E-state index in [-0.39, 0.29) is 31.1 Å². The lowest BCUT2D eigenvalue weighted by Gasteiger charge is -2.18. The molecular weight excluding hydrogens is 697 g/mol. The largest absolute Gasteiger partial charge is 0.462 e. The fourth-order valence-corrected chi connectivity index (χ4v) is 6.66. The molecule has 0 radical (unpaired) electrons. The van der Waals surface area contributed by atoms with E-state index >= 15 is 0 Å². The summed E-state index contributed by atoms with van der Waals surface area (Å²) in [6.45, 7) is 6.56. The number of ether oxygens (including phenoxy) is 3. The molecule has 0 spiro atoms. The highest BCUT2D eigenvalue weighted by Crippen LogP contribution is 2.14. The number of hydrogen-bond donors (Lipinski definition) is 0. The number of carbonyl (C=O) groups excluding carboxylic acids is 3. The fraction of sp³-hybridized carbons (Fsp3) is 0.820. The molecule has 0 heterocycles. The average Bonchev–Trinajstić information content (AvgIpc) is 3.19. The third-order valence-corrected chi connectivity index (χ3v) is 10.3. The minimum Gasteiger partial charge on any atom is -0.462 e. The fourth-order valence-electron chi connectivity index (χ4n) is 6.66. The van der Waals surface area contributed by atoms with Crippen LogP contribution in [0, 0.1) is 0 Å². The van der Waals surface area contributed by atoms with Crippen LogP contribution in [0.15, 0.2) is 36.5 Å². The van der Waals surface area contributed by atoms with Crippen molar-refractivity contribution in [1.29, 1.82) is 0 Å². The van der Waals surface area contributed by atoms with Gasteiger partial charge >= 0.3 is 17.9 Å². The lowest BCUT2D eigenvalue weighted by Crippen LogP contribution is -2.30. The van der Waals surface area contributed by atoms with Crippen LogP contribution < -0.4 is 0 Å². The van der Waals surface area contributed by atoms with Gasteiger partial charge in [0, 0.05) is 19.3 Å². The molecule has 0 bridgehead atoms. The van der Waals surface area contributed by atoms with Gasteiger partial charge in [0.1, 0.15) is 13.2 Å². The first-order valence-electron chi connectivity index (χ1n) is 24.0. The summed E-state index contributed by atoms with van der Waals surface area (Å²) >= 11 is 0. The first-order valence-corrected chi connectivity index (χ1v) is 24.0. The standard InChI is InChI=1S/C50H90O6/c1-4-7-10-13-16-19-22-25-28-31-34-37-40-43-49(52)55-46-47(45-54-48(51)42-39-36-33-30-27-24-21-18-15-12-9-6-3)56-50(53)44-41-38-35-32-29-26-23-20-17-14-11-8-5-2/h18-23,47H,4-17,24-46H2,1-3H3/b21-18-,22-19-,23-20-. The van der Waals surface area contributed by atoms with Crippen LogP contribution in [-0.4, -0.2) is 37.2 Å². The molecule has 0 rings (SSSR count). The molecule has 6 heteroatoms. The van der Waals surface area contributed by atoms with Crippen molar-refractivity contribution in [3.05, 3.63) is 36.5 Å². The summed E-state index contributed by atoms with van der Waals surface area (Å²) < 4.78 is 16.7. The Bertz CT molecular complexity index is 953. The molecule has 0 aliphatic carbocycles. The van der Waals surface area contributed by atoms with Crippen LogP contribution in [0.2, 0.25) is 0 Å². The molecule has 0 saturated heterocycles. The predicted octanol–water partition coefficient (Wildman–Crippen LogP) is 15.4. The van der Waals surface area contributed by atoms with Gasteiger partial charge < -0.3 is 14.2 Å². The van der Waals surface area contributed by atoms with E-state index in [9.17, 15) is 14.4 Å². The Morgan fingerprint density at radius 3 is 0.929 bits per heavy atom. The molecule has 0 aromatic rings. The van der Waals surface area contributed by atoms with Crippen LogP contribution in [0.5, 0.6) is 0 Å². The van der Waals surface area contributed by atoms with Gasteiger partial charge in [-0.25, -0.2) is 0 Å². The van der Waals surface area contributed by atoms with Crippen LogP contribution in [0.25, 0.3) is 0 Å². The van der Waals surface area contributed by atoms with Crippen LogP contribution >= 0.6 is 0 Å². The van der Waals surface area contributed by atoms with Crippen LogP contribution in [0.3, 0.4) is 0 Å². The van der Waals surface area contributed by atoms with Crippen LogP contribution in [0.1, 0.15) is 245 Å². The highest BCUT2D eigenvalue weighted by Gasteiger charge is 2.19. The Hall–Kier alpha value is -2.37. The summed E-state index contributed by atoms with van der Waals surface area (Å²) in [7, 11) is 0. The summed E-state index contributed by atoms with van der Waals surface area (Å²) in [5.41, 5.74) is 0. The molecule has 0 aromatic heterocycles. The quantitative estimate of drug-likeness (QED) is 0.0265. The number of esters is 3. The van der Waals surface area contributed by atoms with Gasteiger partial charge in [0.25, 0.3) is 0 Å². The van der Waals surface area contributed by atoms with E-state index in [1.807, 2.05) is 0 Å². The maximum Gasteiger partial charge on any atom is 0.306 e. The molecule has 6 nitrogen and oxygen atoms in total. The van der Waals surface area contributed by atoms with Crippen molar-refractivity contribution in [2.45, 2.75) is 252 Å². The van der Waals surface area contributed by atoms with Crippen LogP contribution in [0.4, 0.5) is 0 Å². The monoisotopic (exact) mass is 787 g/mol. The van der Waals surface area contributed by atoms with Crippen molar-refractivity contribution < 1.29 is 28.6 Å². The highest BCUT2D eigenvalue weighted by atomic mass is 16.6. The highest BCUT2D eigenvalue weighted by molar-refractivity contribution is 5.71. The van der Waals surface area contributed by atoms with Crippen molar-refractivity contribution in [3.63, 3.8) is 0 Å². The van der Waals surface area contributed by atoms with Gasteiger partial charge in [-0.3, -0.25) is 14.4 Å². The van der Waals surface area contributed by atoms with Gasteiger partial charge in [-0.15, -0.1) is 0 Å². The molecule has 0 amide bonds.